The molecule has 3 heterocycles. The molecule has 0 radical (unpaired) electrons. The van der Waals surface area contributed by atoms with Gasteiger partial charge in [0.05, 0.1) is 5.69 Å². The number of amides is 5. The van der Waals surface area contributed by atoms with Crippen molar-refractivity contribution < 1.29 is 19.2 Å². The van der Waals surface area contributed by atoms with E-state index in [0.717, 1.165) is 22.4 Å². The summed E-state index contributed by atoms with van der Waals surface area (Å²) >= 11 is 0. The molecular weight excluding hydrogens is 448 g/mol. The van der Waals surface area contributed by atoms with E-state index in [1.54, 1.807) is 23.0 Å². The highest BCUT2D eigenvalue weighted by Gasteiger charge is 2.39. The number of piperidine rings is 1. The molecule has 1 unspecified atom stereocenters. The van der Waals surface area contributed by atoms with Gasteiger partial charge in [-0.15, -0.1) is 0 Å². The van der Waals surface area contributed by atoms with Crippen molar-refractivity contribution in [2.45, 2.75) is 32.0 Å². The number of benzene rings is 2. The minimum Gasteiger partial charge on any atom is -0.334 e. The van der Waals surface area contributed by atoms with Crippen LogP contribution in [0.2, 0.25) is 0 Å². The number of rotatable bonds is 5. The first-order chi connectivity index (χ1) is 16.9. The minimum atomic E-state index is -0.651. The van der Waals surface area contributed by atoms with Gasteiger partial charge in [-0.3, -0.25) is 24.4 Å². The molecule has 35 heavy (non-hydrogen) atoms. The van der Waals surface area contributed by atoms with E-state index in [4.69, 9.17) is 0 Å². The van der Waals surface area contributed by atoms with Crippen molar-refractivity contribution in [1.29, 1.82) is 0 Å². The molecule has 10 nitrogen and oxygen atoms in total. The molecule has 5 amide bonds. The molecule has 0 saturated carbocycles. The van der Waals surface area contributed by atoms with Crippen molar-refractivity contribution in [3.05, 3.63) is 71.4 Å². The minimum absolute atomic E-state index is 0.214. The van der Waals surface area contributed by atoms with Crippen LogP contribution in [0.15, 0.2) is 54.7 Å². The summed E-state index contributed by atoms with van der Waals surface area (Å²) in [6.07, 6.45) is 2.25. The van der Waals surface area contributed by atoms with Gasteiger partial charge in [-0.2, -0.15) is 5.10 Å². The number of imide groups is 1. The van der Waals surface area contributed by atoms with E-state index in [2.05, 4.69) is 21.0 Å². The van der Waals surface area contributed by atoms with Gasteiger partial charge >= 0.3 is 6.03 Å². The maximum Gasteiger partial charge on any atom is 0.319 e. The summed E-state index contributed by atoms with van der Waals surface area (Å²) in [5, 5.41) is 12.1. The molecule has 1 aromatic heterocycles. The largest absolute Gasteiger partial charge is 0.334 e. The van der Waals surface area contributed by atoms with Crippen LogP contribution in [-0.4, -0.2) is 44.5 Å². The Balaban J connectivity index is 1.21. The predicted octanol–water partition coefficient (Wildman–Crippen LogP) is 2.17. The second kappa shape index (κ2) is 9.05. The highest BCUT2D eigenvalue weighted by atomic mass is 16.2. The summed E-state index contributed by atoms with van der Waals surface area (Å²) in [7, 11) is 1.85. The monoisotopic (exact) mass is 472 g/mol. The molecule has 2 aromatic carbocycles. The number of hydrogen-bond acceptors (Lipinski definition) is 5. The molecule has 1 atom stereocenters. The number of urea groups is 1. The molecule has 10 heteroatoms. The third-order valence-corrected chi connectivity index (χ3v) is 6.28. The summed E-state index contributed by atoms with van der Waals surface area (Å²) in [6.45, 7) is 0.549. The van der Waals surface area contributed by atoms with Gasteiger partial charge in [0.15, 0.2) is 0 Å². The van der Waals surface area contributed by atoms with Gasteiger partial charge in [-0.1, -0.05) is 24.3 Å². The first kappa shape index (κ1) is 22.3. The Morgan fingerprint density at radius 3 is 2.77 bits per heavy atom. The molecule has 178 valence electrons. The van der Waals surface area contributed by atoms with Crippen LogP contribution in [0.1, 0.15) is 34.3 Å². The van der Waals surface area contributed by atoms with E-state index in [1.807, 2.05) is 43.4 Å². The predicted molar refractivity (Wildman–Crippen MR) is 127 cm³/mol. The lowest BCUT2D eigenvalue weighted by molar-refractivity contribution is -0.136. The first-order valence-electron chi connectivity index (χ1n) is 11.3. The molecule has 3 N–H and O–H groups in total. The highest BCUT2D eigenvalue weighted by Crippen LogP contribution is 2.28. The van der Waals surface area contributed by atoms with Gasteiger partial charge in [0.1, 0.15) is 6.04 Å². The fourth-order valence-electron chi connectivity index (χ4n) is 4.48. The molecule has 1 fully saturated rings. The molecule has 1 saturated heterocycles. The Bertz CT molecular complexity index is 1350. The maximum atomic E-state index is 13.0. The van der Waals surface area contributed by atoms with Crippen LogP contribution in [0.3, 0.4) is 0 Å². The highest BCUT2D eigenvalue weighted by molar-refractivity contribution is 6.05. The average molecular weight is 473 g/mol. The van der Waals surface area contributed by atoms with Crippen molar-refractivity contribution in [2.75, 3.05) is 5.32 Å². The number of nitrogens with zero attached hydrogens (tertiary/aromatic N) is 3. The van der Waals surface area contributed by atoms with Crippen molar-refractivity contribution in [3.8, 4) is 11.3 Å². The molecule has 3 aromatic rings. The molecule has 2 aliphatic rings. The van der Waals surface area contributed by atoms with Crippen LogP contribution in [0.4, 0.5) is 10.5 Å². The number of nitrogens with one attached hydrogen (secondary N) is 3. The molecule has 0 aliphatic carbocycles. The number of anilines is 1. The van der Waals surface area contributed by atoms with E-state index in [1.165, 1.54) is 4.90 Å². The van der Waals surface area contributed by atoms with Crippen LogP contribution < -0.4 is 16.0 Å². The zero-order chi connectivity index (χ0) is 24.5. The van der Waals surface area contributed by atoms with Gasteiger partial charge in [-0.05, 0) is 41.8 Å². The third-order valence-electron chi connectivity index (χ3n) is 6.28. The van der Waals surface area contributed by atoms with Gasteiger partial charge in [0.2, 0.25) is 11.8 Å². The van der Waals surface area contributed by atoms with Crippen LogP contribution in [0, 0.1) is 0 Å². The Morgan fingerprint density at radius 2 is 2.00 bits per heavy atom. The fraction of sp³-hybridized carbons (Fsp3) is 0.240. The standard InChI is InChI=1S/C25H24N6O4/c1-30-20(9-10-27-30)16-3-2-4-18(12-16)28-25(35)26-13-15-5-6-17-14-31(24(34)19(17)11-15)21-7-8-22(32)29-23(21)33/h2-6,9-12,21H,7-8,13-14H2,1H3,(H2,26,28,35)(H,29,32,33). The van der Waals surface area contributed by atoms with Gasteiger partial charge in [0.25, 0.3) is 5.91 Å². The van der Waals surface area contributed by atoms with Crippen LogP contribution in [0.5, 0.6) is 0 Å². The number of aryl methyl sites for hydroxylation is 1. The number of fused-ring (bicyclic) bond motifs is 1. The molecule has 5 rings (SSSR count). The van der Waals surface area contributed by atoms with E-state index >= 15 is 0 Å². The van der Waals surface area contributed by atoms with E-state index in [0.29, 0.717) is 24.2 Å². The summed E-state index contributed by atoms with van der Waals surface area (Å²) in [6, 6.07) is 13.8. The summed E-state index contributed by atoms with van der Waals surface area (Å²) in [5.74, 6) is -0.994. The molecular formula is C25H24N6O4. The Kier molecular flexibility index (Phi) is 5.77. The summed E-state index contributed by atoms with van der Waals surface area (Å²) < 4.78 is 1.76. The number of hydrogen-bond donors (Lipinski definition) is 3. The fourth-order valence-corrected chi connectivity index (χ4v) is 4.48. The number of carbonyl (C=O) groups excluding carboxylic acids is 4. The Morgan fingerprint density at radius 1 is 1.14 bits per heavy atom. The summed E-state index contributed by atoms with van der Waals surface area (Å²) in [4.78, 5) is 50.6. The zero-order valence-electron chi connectivity index (χ0n) is 19.1. The molecule has 0 spiro atoms. The van der Waals surface area contributed by atoms with Crippen molar-refractivity contribution in [1.82, 2.24) is 25.3 Å². The van der Waals surface area contributed by atoms with E-state index in [9.17, 15) is 19.2 Å². The second-order valence-electron chi connectivity index (χ2n) is 8.62. The zero-order valence-corrected chi connectivity index (χ0v) is 19.1. The van der Waals surface area contributed by atoms with Crippen LogP contribution in [0.25, 0.3) is 11.3 Å². The van der Waals surface area contributed by atoms with Crippen molar-refractivity contribution in [3.63, 3.8) is 0 Å². The Labute approximate surface area is 201 Å². The normalized spacial score (nSPS) is 17.2. The SMILES string of the molecule is Cn1nccc1-c1cccc(NC(=O)NCc2ccc3c(c2)C(=O)N(C2CCC(=O)NC2=O)C3)c1. The van der Waals surface area contributed by atoms with Crippen molar-refractivity contribution in [2.24, 2.45) is 7.05 Å². The quantitative estimate of drug-likeness (QED) is 0.491. The van der Waals surface area contributed by atoms with E-state index in [-0.39, 0.29) is 30.8 Å². The lowest BCUT2D eigenvalue weighted by atomic mass is 10.0. The Hall–Kier alpha value is -4.47. The summed E-state index contributed by atoms with van der Waals surface area (Å²) in [5.41, 5.74) is 4.60. The topological polar surface area (TPSA) is 125 Å². The average Bonchev–Trinajstić information content (AvgIpc) is 3.41. The van der Waals surface area contributed by atoms with E-state index < -0.39 is 11.9 Å². The first-order valence-corrected chi connectivity index (χ1v) is 11.3. The maximum absolute atomic E-state index is 13.0. The second-order valence-corrected chi connectivity index (χ2v) is 8.62. The van der Waals surface area contributed by atoms with Gasteiger partial charge in [-0.25, -0.2) is 4.79 Å². The van der Waals surface area contributed by atoms with Gasteiger partial charge < -0.3 is 15.5 Å². The van der Waals surface area contributed by atoms with Crippen LogP contribution >= 0.6 is 0 Å². The number of carbonyl (C=O) groups is 4. The molecule has 2 aliphatic heterocycles. The van der Waals surface area contributed by atoms with Crippen molar-refractivity contribution >= 4 is 29.4 Å². The smallest absolute Gasteiger partial charge is 0.319 e. The lowest BCUT2D eigenvalue weighted by Crippen LogP contribution is -2.52. The molecule has 0 bridgehead atoms. The van der Waals surface area contributed by atoms with Crippen LogP contribution in [-0.2, 0) is 29.7 Å². The lowest BCUT2D eigenvalue weighted by Gasteiger charge is -2.29. The van der Waals surface area contributed by atoms with Gasteiger partial charge in [0, 0.05) is 49.6 Å². The number of aromatic nitrogens is 2. The third kappa shape index (κ3) is 4.50.